The Labute approximate surface area is 211 Å². The first-order valence-electron chi connectivity index (χ1n) is 11.2. The smallest absolute Gasteiger partial charge is 0.343 e. The molecule has 1 N–H and O–H groups in total. The summed E-state index contributed by atoms with van der Waals surface area (Å²) in [5.41, 5.74) is 2.02. The first kappa shape index (κ1) is 25.3. The van der Waals surface area contributed by atoms with Gasteiger partial charge < -0.3 is 19.7 Å². The van der Waals surface area contributed by atoms with Gasteiger partial charge in [-0.2, -0.15) is 0 Å². The van der Waals surface area contributed by atoms with Crippen molar-refractivity contribution in [2.75, 3.05) is 23.9 Å². The molecule has 4 rings (SSSR count). The minimum atomic E-state index is -0.763. The Balaban J connectivity index is 1.51. The van der Waals surface area contributed by atoms with Crippen molar-refractivity contribution in [2.24, 2.45) is 0 Å². The van der Waals surface area contributed by atoms with Gasteiger partial charge in [-0.3, -0.25) is 9.59 Å². The fraction of sp³-hybridized carbons (Fsp3) is 0.107. The van der Waals surface area contributed by atoms with E-state index >= 15 is 0 Å². The summed E-state index contributed by atoms with van der Waals surface area (Å²) in [7, 11) is 1.19. The van der Waals surface area contributed by atoms with Crippen LogP contribution >= 0.6 is 0 Å². The molecule has 7 nitrogen and oxygen atoms in total. The normalized spacial score (nSPS) is 14.2. The molecule has 1 aliphatic heterocycles. The van der Waals surface area contributed by atoms with Crippen molar-refractivity contribution in [3.05, 3.63) is 107 Å². The zero-order valence-electron chi connectivity index (χ0n) is 20.0. The molecule has 0 saturated carbocycles. The molecule has 188 valence electrons. The summed E-state index contributed by atoms with van der Waals surface area (Å²) >= 11 is 0. The number of nitrogens with one attached hydrogen (secondary N) is 1. The number of allylic oxidation sites excluding steroid dienone is 2. The number of nitrogens with zero attached hydrogens (tertiary/aromatic N) is 1. The van der Waals surface area contributed by atoms with Crippen LogP contribution in [0.15, 0.2) is 89.8 Å². The summed E-state index contributed by atoms with van der Waals surface area (Å²) in [6.45, 7) is 1.35. The second-order valence-electron chi connectivity index (χ2n) is 8.04. The highest BCUT2D eigenvalue weighted by molar-refractivity contribution is 6.30. The van der Waals surface area contributed by atoms with E-state index in [-0.39, 0.29) is 17.9 Å². The van der Waals surface area contributed by atoms with E-state index in [0.717, 1.165) is 0 Å². The van der Waals surface area contributed by atoms with Gasteiger partial charge in [0.25, 0.3) is 5.91 Å². The van der Waals surface area contributed by atoms with Crippen LogP contribution in [0.4, 0.5) is 20.2 Å². The highest BCUT2D eigenvalue weighted by Gasteiger charge is 2.38. The maximum absolute atomic E-state index is 13.5. The number of methoxy groups -OCH3 is 1. The molecule has 1 heterocycles. The van der Waals surface area contributed by atoms with Gasteiger partial charge in [-0.1, -0.05) is 12.1 Å². The number of benzene rings is 3. The summed E-state index contributed by atoms with van der Waals surface area (Å²) in [4.78, 5) is 39.1. The second-order valence-corrected chi connectivity index (χ2v) is 8.04. The molecule has 0 radical (unpaired) electrons. The molecule has 0 saturated heterocycles. The lowest BCUT2D eigenvalue weighted by Gasteiger charge is -2.21. The SMILES string of the molecule is COC(=O)C1=C(C)N(c2ccc(F)cc2)/C(=C\c2ccc(OCC(=O)Nc3ccc(F)cc3)cc2)C1=O. The van der Waals surface area contributed by atoms with E-state index in [4.69, 9.17) is 9.47 Å². The van der Waals surface area contributed by atoms with Crippen molar-refractivity contribution >= 4 is 35.1 Å². The summed E-state index contributed by atoms with van der Waals surface area (Å²) in [6, 6.07) is 17.5. The molecule has 1 amide bonds. The monoisotopic (exact) mass is 504 g/mol. The molecule has 0 aromatic heterocycles. The topological polar surface area (TPSA) is 84.9 Å². The number of ether oxygens (including phenoxy) is 2. The predicted octanol–water partition coefficient (Wildman–Crippen LogP) is 4.86. The van der Waals surface area contributed by atoms with Crippen LogP contribution in [0, 0.1) is 11.6 Å². The number of rotatable bonds is 7. The minimum absolute atomic E-state index is 0.106. The van der Waals surface area contributed by atoms with E-state index in [0.29, 0.717) is 28.4 Å². The van der Waals surface area contributed by atoms with Gasteiger partial charge in [0.15, 0.2) is 6.61 Å². The standard InChI is InChI=1S/C28H22F2N2O5/c1-17-26(28(35)36-2)27(34)24(32(17)22-11-7-20(30)8-12-22)15-18-3-13-23(14-4-18)37-16-25(33)31-21-9-5-19(29)6-10-21/h3-15H,16H2,1-2H3,(H,31,33)/b24-15-. The maximum atomic E-state index is 13.5. The highest BCUT2D eigenvalue weighted by Crippen LogP contribution is 2.35. The van der Waals surface area contributed by atoms with Gasteiger partial charge in [-0.05, 0) is 79.2 Å². The van der Waals surface area contributed by atoms with E-state index in [2.05, 4.69) is 5.32 Å². The fourth-order valence-corrected chi connectivity index (χ4v) is 3.78. The molecule has 3 aromatic carbocycles. The number of halogens is 2. The number of Topliss-reactive ketones (excluding diaryl/α,β-unsaturated/α-hetero) is 1. The molecule has 0 fully saturated rings. The molecule has 0 unspecified atom stereocenters. The van der Waals surface area contributed by atoms with Gasteiger partial charge in [0.1, 0.15) is 23.0 Å². The van der Waals surface area contributed by atoms with Crippen LogP contribution in [0.25, 0.3) is 6.08 Å². The average Bonchev–Trinajstić information content (AvgIpc) is 3.14. The molecule has 3 aromatic rings. The Bertz CT molecular complexity index is 1400. The fourth-order valence-electron chi connectivity index (χ4n) is 3.78. The van der Waals surface area contributed by atoms with Gasteiger partial charge in [-0.15, -0.1) is 0 Å². The number of carbonyl (C=O) groups excluding carboxylic acids is 3. The van der Waals surface area contributed by atoms with Gasteiger partial charge in [0, 0.05) is 17.1 Å². The average molecular weight is 504 g/mol. The Kier molecular flexibility index (Phi) is 7.43. The predicted molar refractivity (Wildman–Crippen MR) is 134 cm³/mol. The summed E-state index contributed by atoms with van der Waals surface area (Å²) in [6.07, 6.45) is 1.59. The molecule has 0 aliphatic carbocycles. The first-order chi connectivity index (χ1) is 17.8. The summed E-state index contributed by atoms with van der Waals surface area (Å²) < 4.78 is 36.8. The van der Waals surface area contributed by atoms with Crippen molar-refractivity contribution in [1.29, 1.82) is 0 Å². The number of hydrogen-bond donors (Lipinski definition) is 1. The third kappa shape index (κ3) is 5.72. The van der Waals surface area contributed by atoms with E-state index in [9.17, 15) is 23.2 Å². The van der Waals surface area contributed by atoms with Crippen molar-refractivity contribution in [3.8, 4) is 5.75 Å². The van der Waals surface area contributed by atoms with Crippen LogP contribution in [-0.2, 0) is 19.1 Å². The number of carbonyl (C=O) groups is 3. The number of esters is 1. The molecule has 0 spiro atoms. The van der Waals surface area contributed by atoms with Gasteiger partial charge in [0.05, 0.1) is 12.8 Å². The third-order valence-corrected chi connectivity index (χ3v) is 5.55. The Morgan fingerprint density at radius 1 is 0.919 bits per heavy atom. The van der Waals surface area contributed by atoms with Gasteiger partial charge >= 0.3 is 5.97 Å². The van der Waals surface area contributed by atoms with Crippen molar-refractivity contribution in [2.45, 2.75) is 6.92 Å². The molecular weight excluding hydrogens is 482 g/mol. The third-order valence-electron chi connectivity index (χ3n) is 5.55. The summed E-state index contributed by atoms with van der Waals surface area (Å²) in [5, 5.41) is 2.60. The van der Waals surface area contributed by atoms with Crippen molar-refractivity contribution in [3.63, 3.8) is 0 Å². The number of amides is 1. The van der Waals surface area contributed by atoms with E-state index in [1.165, 1.54) is 55.6 Å². The second kappa shape index (κ2) is 10.9. The van der Waals surface area contributed by atoms with E-state index in [1.807, 2.05) is 0 Å². The maximum Gasteiger partial charge on any atom is 0.343 e. The quantitative estimate of drug-likeness (QED) is 0.281. The Hall–Kier alpha value is -4.79. The molecule has 9 heteroatoms. The number of ketones is 1. The lowest BCUT2D eigenvalue weighted by atomic mass is 10.1. The van der Waals surface area contributed by atoms with Crippen LogP contribution in [-0.4, -0.2) is 31.4 Å². The molecular formula is C28H22F2N2O5. The molecule has 0 atom stereocenters. The van der Waals surface area contributed by atoms with Crippen LogP contribution in [0.1, 0.15) is 12.5 Å². The van der Waals surface area contributed by atoms with Crippen LogP contribution < -0.4 is 15.0 Å². The largest absolute Gasteiger partial charge is 0.484 e. The summed E-state index contributed by atoms with van der Waals surface area (Å²) in [5.74, 6) is -2.13. The zero-order valence-corrected chi connectivity index (χ0v) is 20.0. The number of anilines is 2. The minimum Gasteiger partial charge on any atom is -0.484 e. The van der Waals surface area contributed by atoms with E-state index < -0.39 is 29.3 Å². The van der Waals surface area contributed by atoms with Crippen LogP contribution in [0.5, 0.6) is 5.75 Å². The van der Waals surface area contributed by atoms with E-state index in [1.54, 1.807) is 42.2 Å². The van der Waals surface area contributed by atoms with Gasteiger partial charge in [0.2, 0.25) is 5.78 Å². The number of hydrogen-bond acceptors (Lipinski definition) is 6. The van der Waals surface area contributed by atoms with Crippen LogP contribution in [0.3, 0.4) is 0 Å². The first-order valence-corrected chi connectivity index (χ1v) is 11.2. The van der Waals surface area contributed by atoms with Crippen LogP contribution in [0.2, 0.25) is 0 Å². The van der Waals surface area contributed by atoms with Crippen molar-refractivity contribution < 1.29 is 32.6 Å². The lowest BCUT2D eigenvalue weighted by molar-refractivity contribution is -0.137. The zero-order chi connectivity index (χ0) is 26.5. The molecule has 0 bridgehead atoms. The van der Waals surface area contributed by atoms with Gasteiger partial charge in [-0.25, -0.2) is 13.6 Å². The Morgan fingerprint density at radius 3 is 2.11 bits per heavy atom. The lowest BCUT2D eigenvalue weighted by Crippen LogP contribution is -2.20. The molecule has 37 heavy (non-hydrogen) atoms. The molecule has 1 aliphatic rings. The van der Waals surface area contributed by atoms with Crippen molar-refractivity contribution in [1.82, 2.24) is 0 Å². The highest BCUT2D eigenvalue weighted by atomic mass is 19.1. The Morgan fingerprint density at radius 2 is 1.51 bits per heavy atom.